The van der Waals surface area contributed by atoms with Crippen LogP contribution in [0.1, 0.15) is 47.9 Å². The van der Waals surface area contributed by atoms with Crippen LogP contribution in [0.3, 0.4) is 0 Å². The van der Waals surface area contributed by atoms with Crippen LogP contribution >= 0.6 is 11.3 Å². The van der Waals surface area contributed by atoms with Crippen LogP contribution in [0.2, 0.25) is 0 Å². The second-order valence-electron chi connectivity index (χ2n) is 7.97. The number of amides is 1. The number of carbonyl (C=O) groups excluding carboxylic acids is 1. The van der Waals surface area contributed by atoms with Gasteiger partial charge in [-0.25, -0.2) is 4.98 Å². The molecule has 1 aliphatic rings. The first-order chi connectivity index (χ1) is 13.3. The van der Waals surface area contributed by atoms with Gasteiger partial charge in [-0.15, -0.1) is 11.3 Å². The molecule has 4 rings (SSSR count). The lowest BCUT2D eigenvalue weighted by atomic mass is 9.89. The van der Waals surface area contributed by atoms with Crippen LogP contribution in [-0.4, -0.2) is 15.5 Å². The number of benzene rings is 1. The van der Waals surface area contributed by atoms with Crippen molar-refractivity contribution in [3.05, 3.63) is 56.4 Å². The molecule has 0 spiro atoms. The Morgan fingerprint density at radius 1 is 1.36 bits per heavy atom. The van der Waals surface area contributed by atoms with E-state index in [1.807, 2.05) is 32.0 Å². The van der Waals surface area contributed by atoms with Gasteiger partial charge in [0.15, 0.2) is 0 Å². The first-order valence-corrected chi connectivity index (χ1v) is 10.6. The predicted molar refractivity (Wildman–Crippen MR) is 114 cm³/mol. The van der Waals surface area contributed by atoms with Crippen molar-refractivity contribution in [2.75, 3.05) is 5.32 Å². The molecule has 0 unspecified atom stereocenters. The van der Waals surface area contributed by atoms with E-state index < -0.39 is 6.04 Å². The average Bonchev–Trinajstić information content (AvgIpc) is 3.02. The second kappa shape index (κ2) is 7.17. The standard InChI is InChI=1S/C22H25N3O2S/c1-12-5-7-14(3)17(9-12)24-20(26)15(4)25-11-23-21-19(22(25)27)16-8-6-13(2)10-18(16)28-21/h5,7,9,11,13,15H,6,8,10H2,1-4H3,(H,24,26)/t13-,15+/m1/s1. The Balaban J connectivity index is 1.68. The minimum absolute atomic E-state index is 0.110. The number of carbonyl (C=O) groups is 1. The first-order valence-electron chi connectivity index (χ1n) is 9.74. The summed E-state index contributed by atoms with van der Waals surface area (Å²) in [6.45, 7) is 7.94. The third-order valence-electron chi connectivity index (χ3n) is 5.69. The van der Waals surface area contributed by atoms with Crippen LogP contribution in [0.5, 0.6) is 0 Å². The van der Waals surface area contributed by atoms with Gasteiger partial charge in [0.05, 0.1) is 11.7 Å². The van der Waals surface area contributed by atoms with Gasteiger partial charge < -0.3 is 5.32 Å². The Bertz CT molecular complexity index is 1130. The Kier molecular flexibility index (Phi) is 4.83. The maximum Gasteiger partial charge on any atom is 0.263 e. The van der Waals surface area contributed by atoms with E-state index >= 15 is 0 Å². The van der Waals surface area contributed by atoms with Crippen LogP contribution in [-0.2, 0) is 17.6 Å². The molecule has 6 heteroatoms. The SMILES string of the molecule is Cc1ccc(C)c(NC(=O)[C@H](C)n2cnc3sc4c(c3c2=O)CC[C@@H](C)C4)c1. The summed E-state index contributed by atoms with van der Waals surface area (Å²) in [7, 11) is 0. The highest BCUT2D eigenvalue weighted by atomic mass is 32.1. The molecule has 0 saturated carbocycles. The molecule has 0 radical (unpaired) electrons. The fourth-order valence-corrected chi connectivity index (χ4v) is 5.19. The van der Waals surface area contributed by atoms with Crippen LogP contribution in [0.25, 0.3) is 10.2 Å². The molecule has 1 aromatic carbocycles. The Morgan fingerprint density at radius 2 is 2.14 bits per heavy atom. The highest BCUT2D eigenvalue weighted by Crippen LogP contribution is 2.35. The molecule has 0 saturated heterocycles. The summed E-state index contributed by atoms with van der Waals surface area (Å²) in [6.07, 6.45) is 4.54. The highest BCUT2D eigenvalue weighted by Gasteiger charge is 2.25. The van der Waals surface area contributed by atoms with E-state index in [9.17, 15) is 9.59 Å². The van der Waals surface area contributed by atoms with Crippen molar-refractivity contribution >= 4 is 33.1 Å². The van der Waals surface area contributed by atoms with Crippen LogP contribution in [0.15, 0.2) is 29.3 Å². The largest absolute Gasteiger partial charge is 0.324 e. The lowest BCUT2D eigenvalue weighted by molar-refractivity contribution is -0.118. The molecule has 0 bridgehead atoms. The van der Waals surface area contributed by atoms with Gasteiger partial charge in [-0.2, -0.15) is 0 Å². The van der Waals surface area contributed by atoms with E-state index in [2.05, 4.69) is 17.2 Å². The zero-order valence-corrected chi connectivity index (χ0v) is 17.5. The lowest BCUT2D eigenvalue weighted by Gasteiger charge is -2.18. The van der Waals surface area contributed by atoms with Crippen LogP contribution in [0, 0.1) is 19.8 Å². The second-order valence-corrected chi connectivity index (χ2v) is 9.06. The first kappa shape index (κ1) is 18.9. The maximum atomic E-state index is 13.2. The molecule has 1 aliphatic carbocycles. The molecule has 2 atom stereocenters. The topological polar surface area (TPSA) is 64.0 Å². The molecule has 28 heavy (non-hydrogen) atoms. The molecule has 146 valence electrons. The van der Waals surface area contributed by atoms with Crippen molar-refractivity contribution in [3.63, 3.8) is 0 Å². The van der Waals surface area contributed by atoms with Crippen molar-refractivity contribution in [1.82, 2.24) is 9.55 Å². The minimum atomic E-state index is -0.637. The summed E-state index contributed by atoms with van der Waals surface area (Å²) in [5.41, 5.74) is 3.88. The molecule has 1 N–H and O–H groups in total. The summed E-state index contributed by atoms with van der Waals surface area (Å²) < 4.78 is 1.47. The average molecular weight is 396 g/mol. The lowest BCUT2D eigenvalue weighted by Crippen LogP contribution is -2.32. The third kappa shape index (κ3) is 3.26. The van der Waals surface area contributed by atoms with Gasteiger partial charge in [0.1, 0.15) is 10.9 Å². The number of rotatable bonds is 3. The van der Waals surface area contributed by atoms with E-state index in [-0.39, 0.29) is 11.5 Å². The zero-order valence-electron chi connectivity index (χ0n) is 16.7. The molecule has 0 aliphatic heterocycles. The van der Waals surface area contributed by atoms with Gasteiger partial charge in [-0.05, 0) is 68.7 Å². The number of thiophene rings is 1. The van der Waals surface area contributed by atoms with Gasteiger partial charge in [-0.3, -0.25) is 14.2 Å². The number of nitrogens with zero attached hydrogens (tertiary/aromatic N) is 2. The monoisotopic (exact) mass is 395 g/mol. The van der Waals surface area contributed by atoms with Gasteiger partial charge in [0.2, 0.25) is 5.91 Å². The highest BCUT2D eigenvalue weighted by molar-refractivity contribution is 7.18. The molecule has 3 aromatic rings. The summed E-state index contributed by atoms with van der Waals surface area (Å²) in [4.78, 5) is 32.6. The maximum absolute atomic E-state index is 13.2. The van der Waals surface area contributed by atoms with Crippen molar-refractivity contribution in [2.45, 2.75) is 53.0 Å². The number of anilines is 1. The van der Waals surface area contributed by atoms with Gasteiger partial charge >= 0.3 is 0 Å². The van der Waals surface area contributed by atoms with Gasteiger partial charge in [0.25, 0.3) is 5.56 Å². The molecule has 1 amide bonds. The summed E-state index contributed by atoms with van der Waals surface area (Å²) in [5, 5.41) is 3.67. The normalized spacial score (nSPS) is 17.4. The number of aromatic nitrogens is 2. The van der Waals surface area contributed by atoms with E-state index in [1.54, 1.807) is 18.3 Å². The summed E-state index contributed by atoms with van der Waals surface area (Å²) in [6, 6.07) is 5.30. The summed E-state index contributed by atoms with van der Waals surface area (Å²) >= 11 is 1.63. The van der Waals surface area contributed by atoms with E-state index in [1.165, 1.54) is 15.8 Å². The van der Waals surface area contributed by atoms with Crippen molar-refractivity contribution in [2.24, 2.45) is 5.92 Å². The van der Waals surface area contributed by atoms with Crippen molar-refractivity contribution in [1.29, 1.82) is 0 Å². The third-order valence-corrected chi connectivity index (χ3v) is 6.85. The number of aryl methyl sites for hydroxylation is 3. The molecular formula is C22H25N3O2S. The summed E-state index contributed by atoms with van der Waals surface area (Å²) in [5.74, 6) is 0.430. The van der Waals surface area contributed by atoms with Crippen LogP contribution in [0.4, 0.5) is 5.69 Å². The number of hydrogen-bond donors (Lipinski definition) is 1. The fraction of sp³-hybridized carbons (Fsp3) is 0.409. The molecule has 0 fully saturated rings. The quantitative estimate of drug-likeness (QED) is 0.715. The van der Waals surface area contributed by atoms with Crippen molar-refractivity contribution < 1.29 is 4.79 Å². The number of hydrogen-bond acceptors (Lipinski definition) is 4. The molecule has 5 nitrogen and oxygen atoms in total. The van der Waals surface area contributed by atoms with E-state index in [0.717, 1.165) is 46.5 Å². The smallest absolute Gasteiger partial charge is 0.263 e. The van der Waals surface area contributed by atoms with Gasteiger partial charge in [0, 0.05) is 10.6 Å². The van der Waals surface area contributed by atoms with Gasteiger partial charge in [-0.1, -0.05) is 19.1 Å². The van der Waals surface area contributed by atoms with Crippen LogP contribution < -0.4 is 10.9 Å². The minimum Gasteiger partial charge on any atom is -0.324 e. The molecular weight excluding hydrogens is 370 g/mol. The van der Waals surface area contributed by atoms with Crippen molar-refractivity contribution in [3.8, 4) is 0 Å². The molecule has 2 aromatic heterocycles. The molecule has 2 heterocycles. The number of fused-ring (bicyclic) bond motifs is 3. The Hall–Kier alpha value is -2.47. The zero-order chi connectivity index (χ0) is 20.0. The predicted octanol–water partition coefficient (Wildman–Crippen LogP) is 4.40. The Labute approximate surface area is 168 Å². The Morgan fingerprint density at radius 3 is 2.93 bits per heavy atom. The number of nitrogens with one attached hydrogen (secondary N) is 1. The van der Waals surface area contributed by atoms with E-state index in [0.29, 0.717) is 11.3 Å². The fourth-order valence-electron chi connectivity index (χ4n) is 3.85. The van der Waals surface area contributed by atoms with E-state index in [4.69, 9.17) is 0 Å².